The standard InChI is InChI=1S/C11H17F3N2O/c1-8(2)16-7-9(6-15-16)10(17)4-3-5-11(12,13)14/h6-8,10,17H,3-5H2,1-2H3. The number of hydrogen-bond donors (Lipinski definition) is 1. The lowest BCUT2D eigenvalue weighted by atomic mass is 10.1. The molecule has 98 valence electrons. The minimum Gasteiger partial charge on any atom is -0.388 e. The molecule has 0 bridgehead atoms. The fraction of sp³-hybridized carbons (Fsp3) is 0.727. The second-order valence-electron chi connectivity index (χ2n) is 4.37. The highest BCUT2D eigenvalue weighted by atomic mass is 19.4. The van der Waals surface area contributed by atoms with Gasteiger partial charge in [-0.15, -0.1) is 0 Å². The van der Waals surface area contributed by atoms with E-state index in [0.29, 0.717) is 5.56 Å². The molecule has 3 nitrogen and oxygen atoms in total. The zero-order valence-corrected chi connectivity index (χ0v) is 9.91. The van der Waals surface area contributed by atoms with Crippen LogP contribution in [0.1, 0.15) is 50.8 Å². The summed E-state index contributed by atoms with van der Waals surface area (Å²) in [6, 6.07) is 0.172. The predicted molar refractivity (Wildman–Crippen MR) is 57.5 cm³/mol. The van der Waals surface area contributed by atoms with E-state index in [4.69, 9.17) is 0 Å². The summed E-state index contributed by atoms with van der Waals surface area (Å²) in [5.41, 5.74) is 0.570. The summed E-state index contributed by atoms with van der Waals surface area (Å²) in [6.07, 6.45) is -2.68. The molecular weight excluding hydrogens is 233 g/mol. The number of aliphatic hydroxyl groups is 1. The quantitative estimate of drug-likeness (QED) is 0.871. The van der Waals surface area contributed by atoms with Crippen LogP contribution in [-0.2, 0) is 0 Å². The number of hydrogen-bond acceptors (Lipinski definition) is 2. The summed E-state index contributed by atoms with van der Waals surface area (Å²) < 4.78 is 37.4. The smallest absolute Gasteiger partial charge is 0.388 e. The van der Waals surface area contributed by atoms with Gasteiger partial charge in [0.1, 0.15) is 0 Å². The lowest BCUT2D eigenvalue weighted by Crippen LogP contribution is -2.08. The molecule has 0 saturated carbocycles. The summed E-state index contributed by atoms with van der Waals surface area (Å²) in [5, 5.41) is 13.7. The Hall–Kier alpha value is -1.04. The molecule has 0 amide bonds. The van der Waals surface area contributed by atoms with Crippen molar-refractivity contribution in [3.8, 4) is 0 Å². The van der Waals surface area contributed by atoms with E-state index in [2.05, 4.69) is 5.10 Å². The first kappa shape index (κ1) is 14.0. The topological polar surface area (TPSA) is 38.0 Å². The first-order chi connectivity index (χ1) is 7.79. The predicted octanol–water partition coefficient (Wildman–Crippen LogP) is 3.23. The van der Waals surface area contributed by atoms with Gasteiger partial charge in [0, 0.05) is 24.2 Å². The average molecular weight is 250 g/mol. The lowest BCUT2D eigenvalue weighted by molar-refractivity contribution is -0.136. The van der Waals surface area contributed by atoms with Gasteiger partial charge in [0.05, 0.1) is 12.3 Å². The maximum Gasteiger partial charge on any atom is 0.389 e. The zero-order chi connectivity index (χ0) is 13.1. The SMILES string of the molecule is CC(C)n1cc(C(O)CCCC(F)(F)F)cn1. The maximum absolute atomic E-state index is 11.9. The van der Waals surface area contributed by atoms with Crippen LogP contribution in [0.15, 0.2) is 12.4 Å². The lowest BCUT2D eigenvalue weighted by Gasteiger charge is -2.10. The van der Waals surface area contributed by atoms with E-state index in [1.54, 1.807) is 10.9 Å². The first-order valence-electron chi connectivity index (χ1n) is 5.58. The van der Waals surface area contributed by atoms with E-state index in [9.17, 15) is 18.3 Å². The van der Waals surface area contributed by atoms with Crippen molar-refractivity contribution in [1.82, 2.24) is 9.78 Å². The Bertz CT molecular complexity index is 347. The third-order valence-corrected chi connectivity index (χ3v) is 2.47. The van der Waals surface area contributed by atoms with Crippen LogP contribution in [0.25, 0.3) is 0 Å². The first-order valence-corrected chi connectivity index (χ1v) is 5.58. The number of halogens is 3. The van der Waals surface area contributed by atoms with Crippen molar-refractivity contribution < 1.29 is 18.3 Å². The molecule has 0 fully saturated rings. The van der Waals surface area contributed by atoms with Crippen LogP contribution >= 0.6 is 0 Å². The molecule has 0 aliphatic rings. The monoisotopic (exact) mass is 250 g/mol. The van der Waals surface area contributed by atoms with Gasteiger partial charge in [-0.2, -0.15) is 18.3 Å². The molecule has 0 saturated heterocycles. The van der Waals surface area contributed by atoms with Gasteiger partial charge >= 0.3 is 6.18 Å². The summed E-state index contributed by atoms with van der Waals surface area (Å²) >= 11 is 0. The van der Waals surface area contributed by atoms with Crippen LogP contribution in [-0.4, -0.2) is 21.1 Å². The van der Waals surface area contributed by atoms with Crippen molar-refractivity contribution in [2.45, 2.75) is 51.4 Å². The Labute approximate surface area is 98.2 Å². The second-order valence-corrected chi connectivity index (χ2v) is 4.37. The molecular formula is C11H17F3N2O. The molecule has 1 aromatic rings. The van der Waals surface area contributed by atoms with Crippen molar-refractivity contribution in [2.75, 3.05) is 0 Å². The van der Waals surface area contributed by atoms with E-state index in [0.717, 1.165) is 0 Å². The third kappa shape index (κ3) is 4.77. The fourth-order valence-electron chi connectivity index (χ4n) is 1.47. The molecule has 0 aliphatic carbocycles. The highest BCUT2D eigenvalue weighted by molar-refractivity contribution is 5.08. The Morgan fingerprint density at radius 3 is 2.53 bits per heavy atom. The van der Waals surface area contributed by atoms with Crippen LogP contribution in [0.3, 0.4) is 0 Å². The third-order valence-electron chi connectivity index (χ3n) is 2.47. The number of alkyl halides is 3. The van der Waals surface area contributed by atoms with Crippen molar-refractivity contribution in [1.29, 1.82) is 0 Å². The molecule has 0 aliphatic heterocycles. The summed E-state index contributed by atoms with van der Waals surface area (Å²) in [4.78, 5) is 0. The van der Waals surface area contributed by atoms with Crippen molar-refractivity contribution in [3.05, 3.63) is 18.0 Å². The Morgan fingerprint density at radius 1 is 1.41 bits per heavy atom. The highest BCUT2D eigenvalue weighted by Crippen LogP contribution is 2.26. The largest absolute Gasteiger partial charge is 0.389 e. The zero-order valence-electron chi connectivity index (χ0n) is 9.91. The molecule has 1 rings (SSSR count). The van der Waals surface area contributed by atoms with Gasteiger partial charge in [0.25, 0.3) is 0 Å². The summed E-state index contributed by atoms with van der Waals surface area (Å²) in [7, 11) is 0. The van der Waals surface area contributed by atoms with E-state index in [-0.39, 0.29) is 18.9 Å². The fourth-order valence-corrected chi connectivity index (χ4v) is 1.47. The van der Waals surface area contributed by atoms with Crippen molar-refractivity contribution >= 4 is 0 Å². The Morgan fingerprint density at radius 2 is 2.06 bits per heavy atom. The van der Waals surface area contributed by atoms with Crippen LogP contribution < -0.4 is 0 Å². The Balaban J connectivity index is 2.44. The van der Waals surface area contributed by atoms with E-state index < -0.39 is 18.7 Å². The van der Waals surface area contributed by atoms with Gasteiger partial charge in [-0.3, -0.25) is 4.68 Å². The average Bonchev–Trinajstić information content (AvgIpc) is 2.63. The van der Waals surface area contributed by atoms with Crippen LogP contribution in [0.4, 0.5) is 13.2 Å². The second kappa shape index (κ2) is 5.53. The van der Waals surface area contributed by atoms with Gasteiger partial charge in [0.2, 0.25) is 0 Å². The van der Waals surface area contributed by atoms with Crippen LogP contribution in [0, 0.1) is 0 Å². The molecule has 0 aromatic carbocycles. The van der Waals surface area contributed by atoms with E-state index in [1.165, 1.54) is 6.20 Å². The molecule has 1 unspecified atom stereocenters. The van der Waals surface area contributed by atoms with E-state index >= 15 is 0 Å². The molecule has 6 heteroatoms. The van der Waals surface area contributed by atoms with Gasteiger partial charge in [-0.1, -0.05) is 0 Å². The molecule has 1 aromatic heterocycles. The summed E-state index contributed by atoms with van der Waals surface area (Å²) in [6.45, 7) is 3.87. The Kier molecular flexibility index (Phi) is 4.56. The summed E-state index contributed by atoms with van der Waals surface area (Å²) in [5.74, 6) is 0. The minimum atomic E-state index is -4.15. The number of rotatable bonds is 5. The van der Waals surface area contributed by atoms with Gasteiger partial charge in [-0.25, -0.2) is 0 Å². The molecule has 17 heavy (non-hydrogen) atoms. The number of aromatic nitrogens is 2. The molecule has 0 spiro atoms. The molecule has 1 atom stereocenters. The normalized spacial score (nSPS) is 14.3. The number of nitrogens with zero attached hydrogens (tertiary/aromatic N) is 2. The molecule has 0 radical (unpaired) electrons. The molecule has 1 N–H and O–H groups in total. The van der Waals surface area contributed by atoms with Gasteiger partial charge in [-0.05, 0) is 26.7 Å². The highest BCUT2D eigenvalue weighted by Gasteiger charge is 2.26. The maximum atomic E-state index is 11.9. The van der Waals surface area contributed by atoms with Gasteiger partial charge < -0.3 is 5.11 Å². The van der Waals surface area contributed by atoms with Crippen molar-refractivity contribution in [3.63, 3.8) is 0 Å². The van der Waals surface area contributed by atoms with Crippen LogP contribution in [0.2, 0.25) is 0 Å². The van der Waals surface area contributed by atoms with Crippen LogP contribution in [0.5, 0.6) is 0 Å². The van der Waals surface area contributed by atoms with E-state index in [1.807, 2.05) is 13.8 Å². The number of aliphatic hydroxyl groups excluding tert-OH is 1. The molecule has 1 heterocycles. The minimum absolute atomic E-state index is 0.0719. The van der Waals surface area contributed by atoms with Gasteiger partial charge in [0.15, 0.2) is 0 Å². The van der Waals surface area contributed by atoms with Crippen molar-refractivity contribution in [2.24, 2.45) is 0 Å².